The molecule has 2 aromatic heterocycles. The molecule has 1 unspecified atom stereocenters. The fourth-order valence-corrected chi connectivity index (χ4v) is 4.93. The van der Waals surface area contributed by atoms with E-state index in [1.165, 1.54) is 0 Å². The molecule has 1 atom stereocenters. The van der Waals surface area contributed by atoms with Crippen LogP contribution < -0.4 is 10.1 Å². The number of hydrogen-bond donors (Lipinski definition) is 2. The van der Waals surface area contributed by atoms with Gasteiger partial charge in [0.25, 0.3) is 5.91 Å². The van der Waals surface area contributed by atoms with Gasteiger partial charge in [-0.15, -0.1) is 0 Å². The van der Waals surface area contributed by atoms with Gasteiger partial charge < -0.3 is 10.1 Å². The predicted octanol–water partition coefficient (Wildman–Crippen LogP) is 4.44. The van der Waals surface area contributed by atoms with Crippen molar-refractivity contribution in [2.24, 2.45) is 0 Å². The van der Waals surface area contributed by atoms with Gasteiger partial charge in [0.2, 0.25) is 0 Å². The first-order valence-electron chi connectivity index (χ1n) is 12.2. The molecule has 1 aliphatic carbocycles. The summed E-state index contributed by atoms with van der Waals surface area (Å²) in [6.45, 7) is 3.73. The zero-order valence-electron chi connectivity index (χ0n) is 20.0. The minimum Gasteiger partial charge on any atom is -0.492 e. The highest BCUT2D eigenvalue weighted by atomic mass is 16.5. The first-order valence-corrected chi connectivity index (χ1v) is 12.2. The number of aryl methyl sites for hydroxylation is 1. The van der Waals surface area contributed by atoms with E-state index in [2.05, 4.69) is 50.6 Å². The minimum atomic E-state index is -0.407. The number of aromatic nitrogens is 3. The van der Waals surface area contributed by atoms with E-state index in [1.807, 2.05) is 43.6 Å². The van der Waals surface area contributed by atoms with Gasteiger partial charge in [0.1, 0.15) is 12.4 Å². The Kier molecular flexibility index (Phi) is 5.29. The number of amides is 1. The number of nitrogens with one attached hydrogen (secondary N) is 2. The van der Waals surface area contributed by atoms with Gasteiger partial charge in [-0.25, -0.2) is 0 Å². The molecule has 0 spiro atoms. The summed E-state index contributed by atoms with van der Waals surface area (Å²) in [6, 6.07) is 14.5. The molecule has 2 N–H and O–H groups in total. The second kappa shape index (κ2) is 8.50. The largest absolute Gasteiger partial charge is 0.492 e. The van der Waals surface area contributed by atoms with Gasteiger partial charge in [0.15, 0.2) is 0 Å². The van der Waals surface area contributed by atoms with Crippen LogP contribution in [0, 0.1) is 6.92 Å². The lowest BCUT2D eigenvalue weighted by molar-refractivity contribution is 0.0767. The molecule has 1 saturated heterocycles. The van der Waals surface area contributed by atoms with Gasteiger partial charge in [-0.2, -0.15) is 5.10 Å². The van der Waals surface area contributed by atoms with Crippen molar-refractivity contribution in [3.63, 3.8) is 0 Å². The SMILES string of the molecule is Cc1ccc(OCC2CCN2C)cc1C(=O)NC1(c2cc(-c3cn[nH]c3)cc3ncccc23)CC1. The Morgan fingerprint density at radius 2 is 2.11 bits per heavy atom. The van der Waals surface area contributed by atoms with Crippen LogP contribution in [0.2, 0.25) is 0 Å². The standard InChI is InChI=1S/C28H29N5O2/c1-18-5-6-22(35-17-21-7-11-33(21)2)14-24(18)27(34)32-28(8-9-28)25-12-19(20-15-30-31-16-20)13-26-23(25)4-3-10-29-26/h3-6,10,12-16,21H,7-9,11,17H2,1-2H3,(H,30,31)(H,32,34). The Morgan fingerprint density at radius 1 is 1.23 bits per heavy atom. The summed E-state index contributed by atoms with van der Waals surface area (Å²) in [5.41, 5.74) is 5.23. The molecule has 2 aromatic carbocycles. The highest BCUT2D eigenvalue weighted by Crippen LogP contribution is 2.49. The molecule has 1 saturated carbocycles. The predicted molar refractivity (Wildman–Crippen MR) is 135 cm³/mol. The number of carbonyl (C=O) groups is 1. The molecule has 35 heavy (non-hydrogen) atoms. The lowest BCUT2D eigenvalue weighted by atomic mass is 9.94. The monoisotopic (exact) mass is 467 g/mol. The van der Waals surface area contributed by atoms with Crippen molar-refractivity contribution in [2.45, 2.75) is 37.8 Å². The van der Waals surface area contributed by atoms with E-state index in [0.29, 0.717) is 18.2 Å². The molecule has 0 bridgehead atoms. The minimum absolute atomic E-state index is 0.0723. The van der Waals surface area contributed by atoms with Crippen LogP contribution >= 0.6 is 0 Å². The fraction of sp³-hybridized carbons (Fsp3) is 0.321. The molecule has 2 fully saturated rings. The Bertz CT molecular complexity index is 1390. The molecule has 0 radical (unpaired) electrons. The number of fused-ring (bicyclic) bond motifs is 1. The molecule has 3 heterocycles. The number of nitrogens with zero attached hydrogens (tertiary/aromatic N) is 3. The third-order valence-corrected chi connectivity index (χ3v) is 7.51. The van der Waals surface area contributed by atoms with Gasteiger partial charge in [-0.05, 0) is 86.8 Å². The second-order valence-corrected chi connectivity index (χ2v) is 9.83. The summed E-state index contributed by atoms with van der Waals surface area (Å²) in [6.07, 6.45) is 8.42. The van der Waals surface area contributed by atoms with Gasteiger partial charge >= 0.3 is 0 Å². The second-order valence-electron chi connectivity index (χ2n) is 9.83. The number of hydrogen-bond acceptors (Lipinski definition) is 5. The number of carbonyl (C=O) groups excluding carboxylic acids is 1. The summed E-state index contributed by atoms with van der Waals surface area (Å²) < 4.78 is 6.03. The maximum Gasteiger partial charge on any atom is 0.252 e. The molecule has 1 amide bonds. The summed E-state index contributed by atoms with van der Waals surface area (Å²) in [7, 11) is 2.11. The molecule has 178 valence electrons. The zero-order chi connectivity index (χ0) is 24.0. The van der Waals surface area contributed by atoms with Crippen molar-refractivity contribution in [2.75, 3.05) is 20.2 Å². The van der Waals surface area contributed by atoms with Crippen LogP contribution in [0.15, 0.2) is 61.1 Å². The van der Waals surface area contributed by atoms with Crippen molar-refractivity contribution in [3.8, 4) is 16.9 Å². The van der Waals surface area contributed by atoms with E-state index in [-0.39, 0.29) is 5.91 Å². The Balaban J connectivity index is 1.29. The van der Waals surface area contributed by atoms with Crippen molar-refractivity contribution < 1.29 is 9.53 Å². The Labute approximate surface area is 204 Å². The summed E-state index contributed by atoms with van der Waals surface area (Å²) in [5.74, 6) is 0.666. The average Bonchev–Trinajstić information content (AvgIpc) is 3.42. The number of H-pyrrole nitrogens is 1. The van der Waals surface area contributed by atoms with Crippen LogP contribution in [0.1, 0.15) is 40.7 Å². The first-order chi connectivity index (χ1) is 17.0. The third kappa shape index (κ3) is 4.06. The number of ether oxygens (including phenoxy) is 1. The number of pyridine rings is 1. The van der Waals surface area contributed by atoms with E-state index in [4.69, 9.17) is 4.74 Å². The van der Waals surface area contributed by atoms with Crippen LogP contribution in [0.3, 0.4) is 0 Å². The molecule has 6 rings (SSSR count). The van der Waals surface area contributed by atoms with Crippen LogP contribution in [-0.4, -0.2) is 52.2 Å². The Hall–Kier alpha value is -3.71. The Morgan fingerprint density at radius 3 is 2.83 bits per heavy atom. The van der Waals surface area contributed by atoms with Crippen molar-refractivity contribution in [1.29, 1.82) is 0 Å². The summed E-state index contributed by atoms with van der Waals surface area (Å²) in [5, 5.41) is 11.4. The highest BCUT2D eigenvalue weighted by molar-refractivity contribution is 5.98. The molecule has 7 heteroatoms. The van der Waals surface area contributed by atoms with Crippen LogP contribution in [0.4, 0.5) is 0 Å². The first kappa shape index (κ1) is 21.8. The molecule has 4 aromatic rings. The molecule has 1 aliphatic heterocycles. The van der Waals surface area contributed by atoms with Gasteiger partial charge in [0.05, 0.1) is 17.3 Å². The fourth-order valence-electron chi connectivity index (χ4n) is 4.93. The quantitative estimate of drug-likeness (QED) is 0.420. The van der Waals surface area contributed by atoms with Crippen molar-refractivity contribution >= 4 is 16.8 Å². The topological polar surface area (TPSA) is 83.1 Å². The molecular weight excluding hydrogens is 438 g/mol. The van der Waals surface area contributed by atoms with Crippen molar-refractivity contribution in [3.05, 3.63) is 77.7 Å². The van der Waals surface area contributed by atoms with E-state index >= 15 is 0 Å². The highest BCUT2D eigenvalue weighted by Gasteiger charge is 2.47. The van der Waals surface area contributed by atoms with Gasteiger partial charge in [-0.3, -0.25) is 19.8 Å². The number of likely N-dealkylation sites (N-methyl/N-ethyl adjacent to an activating group) is 1. The number of aromatic amines is 1. The molecular formula is C28H29N5O2. The number of rotatable bonds is 7. The van der Waals surface area contributed by atoms with Crippen LogP contribution in [0.25, 0.3) is 22.0 Å². The summed E-state index contributed by atoms with van der Waals surface area (Å²) >= 11 is 0. The average molecular weight is 468 g/mol. The van der Waals surface area contributed by atoms with Crippen LogP contribution in [-0.2, 0) is 5.54 Å². The third-order valence-electron chi connectivity index (χ3n) is 7.51. The van der Waals surface area contributed by atoms with E-state index < -0.39 is 5.54 Å². The van der Waals surface area contributed by atoms with Crippen molar-refractivity contribution in [1.82, 2.24) is 25.4 Å². The van der Waals surface area contributed by atoms with E-state index in [1.54, 1.807) is 6.20 Å². The lowest BCUT2D eigenvalue weighted by Gasteiger charge is -2.37. The van der Waals surface area contributed by atoms with Gasteiger partial charge in [0, 0.05) is 34.9 Å². The maximum atomic E-state index is 13.5. The molecule has 2 aliphatic rings. The number of likely N-dealkylation sites (tertiary alicyclic amines) is 1. The zero-order valence-corrected chi connectivity index (χ0v) is 20.0. The normalized spacial score (nSPS) is 18.7. The summed E-state index contributed by atoms with van der Waals surface area (Å²) in [4.78, 5) is 20.4. The maximum absolute atomic E-state index is 13.5. The molecule has 7 nitrogen and oxygen atoms in total. The van der Waals surface area contributed by atoms with Gasteiger partial charge in [-0.1, -0.05) is 12.1 Å². The smallest absolute Gasteiger partial charge is 0.252 e. The van der Waals surface area contributed by atoms with E-state index in [9.17, 15) is 4.79 Å². The lowest BCUT2D eigenvalue weighted by Crippen LogP contribution is -2.48. The number of benzene rings is 2. The van der Waals surface area contributed by atoms with E-state index in [0.717, 1.165) is 64.7 Å². The van der Waals surface area contributed by atoms with Crippen LogP contribution in [0.5, 0.6) is 5.75 Å².